The van der Waals surface area contributed by atoms with Crippen LogP contribution in [-0.4, -0.2) is 65.8 Å². The van der Waals surface area contributed by atoms with Gasteiger partial charge in [-0.3, -0.25) is 24.0 Å². The molecule has 2 aromatic carbocycles. The van der Waals surface area contributed by atoms with E-state index >= 15 is 0 Å². The summed E-state index contributed by atoms with van der Waals surface area (Å²) in [6.07, 6.45) is 10.2. The standard InChI is InChI=1S/C47H69N3O5/c1-34(2)29-41(43(52)33-39(31-37-19-11-7-12-20-37)46(55)49-42(30-35(3)4)44(53)47(5)24-25-47)48-45(54)38(23-22-36-17-9-6-10-18-36)32-40(51)21-13-16-28-50-26-14-8-15-27-50/h6-7,9-12,17-20,34-35,38-39,41-42H,8,13-16,21-33H2,1-5H3,(H,48,54)(H,49,55)/t38-,39?,41+,42?/m1/s1. The smallest absolute Gasteiger partial charge is 0.224 e. The van der Waals surface area contributed by atoms with Gasteiger partial charge in [-0.25, -0.2) is 0 Å². The maximum atomic E-state index is 14.3. The summed E-state index contributed by atoms with van der Waals surface area (Å²) < 4.78 is 0. The molecule has 1 saturated carbocycles. The summed E-state index contributed by atoms with van der Waals surface area (Å²) in [5, 5.41) is 6.17. The first-order valence-electron chi connectivity index (χ1n) is 21.3. The molecule has 2 aliphatic rings. The van der Waals surface area contributed by atoms with E-state index < -0.39 is 29.3 Å². The van der Waals surface area contributed by atoms with Gasteiger partial charge < -0.3 is 15.5 Å². The number of Topliss-reactive ketones (excluding diaryl/α,β-unsaturated/α-hetero) is 3. The maximum Gasteiger partial charge on any atom is 0.224 e. The van der Waals surface area contributed by atoms with Crippen LogP contribution >= 0.6 is 0 Å². The number of nitrogens with one attached hydrogen (secondary N) is 2. The Kier molecular flexibility index (Phi) is 17.8. The number of aryl methyl sites for hydroxylation is 1. The van der Waals surface area contributed by atoms with Crippen LogP contribution in [0.25, 0.3) is 0 Å². The zero-order valence-electron chi connectivity index (χ0n) is 34.5. The Labute approximate surface area is 331 Å². The number of likely N-dealkylation sites (tertiary alicyclic amines) is 1. The van der Waals surface area contributed by atoms with Crippen LogP contribution < -0.4 is 10.6 Å². The lowest BCUT2D eigenvalue weighted by atomic mass is 9.87. The Hall–Kier alpha value is -3.65. The fraction of sp³-hybridized carbons (Fsp3) is 0.638. The van der Waals surface area contributed by atoms with Gasteiger partial charge in [-0.2, -0.15) is 0 Å². The van der Waals surface area contributed by atoms with Crippen LogP contribution in [-0.2, 0) is 36.8 Å². The van der Waals surface area contributed by atoms with E-state index in [2.05, 4.69) is 15.5 Å². The van der Waals surface area contributed by atoms with E-state index in [1.165, 1.54) is 19.3 Å². The fourth-order valence-corrected chi connectivity index (χ4v) is 7.95. The molecule has 8 heteroatoms. The first-order chi connectivity index (χ1) is 26.3. The summed E-state index contributed by atoms with van der Waals surface area (Å²) in [4.78, 5) is 71.9. The van der Waals surface area contributed by atoms with Gasteiger partial charge in [0.1, 0.15) is 5.78 Å². The Morgan fingerprint density at radius 3 is 1.85 bits per heavy atom. The van der Waals surface area contributed by atoms with Crippen molar-refractivity contribution in [3.63, 3.8) is 0 Å². The molecule has 2 unspecified atom stereocenters. The van der Waals surface area contributed by atoms with E-state index in [0.717, 1.165) is 56.4 Å². The molecule has 0 radical (unpaired) electrons. The van der Waals surface area contributed by atoms with E-state index in [0.29, 0.717) is 38.5 Å². The fourth-order valence-electron chi connectivity index (χ4n) is 7.95. The molecule has 0 spiro atoms. The van der Waals surface area contributed by atoms with Crippen molar-refractivity contribution in [3.8, 4) is 0 Å². The number of nitrogens with zero attached hydrogens (tertiary/aromatic N) is 1. The summed E-state index contributed by atoms with van der Waals surface area (Å²) >= 11 is 0. The minimum Gasteiger partial charge on any atom is -0.346 e. The molecule has 55 heavy (non-hydrogen) atoms. The van der Waals surface area contributed by atoms with E-state index in [1.54, 1.807) is 0 Å². The summed E-state index contributed by atoms with van der Waals surface area (Å²) in [5.74, 6) is -1.59. The van der Waals surface area contributed by atoms with Crippen molar-refractivity contribution in [1.82, 2.24) is 15.5 Å². The highest BCUT2D eigenvalue weighted by molar-refractivity contribution is 5.97. The van der Waals surface area contributed by atoms with Crippen LogP contribution in [0.3, 0.4) is 0 Å². The number of hydrogen-bond acceptors (Lipinski definition) is 6. The molecule has 2 aromatic rings. The van der Waals surface area contributed by atoms with Crippen molar-refractivity contribution in [3.05, 3.63) is 71.8 Å². The second kappa shape index (κ2) is 22.2. The number of ketones is 3. The van der Waals surface area contributed by atoms with E-state index in [9.17, 15) is 24.0 Å². The predicted molar refractivity (Wildman–Crippen MR) is 220 cm³/mol. The van der Waals surface area contributed by atoms with Gasteiger partial charge in [0.25, 0.3) is 0 Å². The molecule has 2 fully saturated rings. The quantitative estimate of drug-likeness (QED) is 0.0992. The molecule has 1 saturated heterocycles. The zero-order valence-corrected chi connectivity index (χ0v) is 34.5. The average molecular weight is 756 g/mol. The van der Waals surface area contributed by atoms with Crippen molar-refractivity contribution < 1.29 is 24.0 Å². The molecule has 302 valence electrons. The average Bonchev–Trinajstić information content (AvgIpc) is 3.92. The molecular formula is C47H69N3O5. The Morgan fingerprint density at radius 1 is 0.691 bits per heavy atom. The van der Waals surface area contributed by atoms with Crippen LogP contribution in [0.4, 0.5) is 0 Å². The zero-order chi connectivity index (χ0) is 39.8. The molecule has 4 atom stereocenters. The number of hydrogen-bond donors (Lipinski definition) is 2. The number of amides is 2. The lowest BCUT2D eigenvalue weighted by Crippen LogP contribution is -2.49. The topological polar surface area (TPSA) is 113 Å². The number of carbonyl (C=O) groups is 5. The van der Waals surface area contributed by atoms with Crippen LogP contribution in [0.15, 0.2) is 60.7 Å². The predicted octanol–water partition coefficient (Wildman–Crippen LogP) is 8.10. The minimum absolute atomic E-state index is 0.0666. The lowest BCUT2D eigenvalue weighted by molar-refractivity contribution is -0.135. The third-order valence-electron chi connectivity index (χ3n) is 11.6. The van der Waals surface area contributed by atoms with E-state index in [1.807, 2.05) is 95.3 Å². The number of carbonyl (C=O) groups excluding carboxylic acids is 5. The summed E-state index contributed by atoms with van der Waals surface area (Å²) in [5.41, 5.74) is 1.63. The molecule has 0 bridgehead atoms. The van der Waals surface area contributed by atoms with Gasteiger partial charge >= 0.3 is 0 Å². The molecule has 1 aliphatic heterocycles. The largest absolute Gasteiger partial charge is 0.346 e. The van der Waals surface area contributed by atoms with Gasteiger partial charge in [0.05, 0.1) is 12.1 Å². The maximum absolute atomic E-state index is 14.3. The van der Waals surface area contributed by atoms with Crippen molar-refractivity contribution in [2.45, 2.75) is 143 Å². The Balaban J connectivity index is 1.46. The highest BCUT2D eigenvalue weighted by atomic mass is 16.2. The van der Waals surface area contributed by atoms with Crippen LogP contribution in [0.5, 0.6) is 0 Å². The van der Waals surface area contributed by atoms with Gasteiger partial charge in [-0.05, 0) is 113 Å². The molecule has 8 nitrogen and oxygen atoms in total. The third-order valence-corrected chi connectivity index (χ3v) is 11.6. The first-order valence-corrected chi connectivity index (χ1v) is 21.3. The Bertz CT molecular complexity index is 1510. The highest BCUT2D eigenvalue weighted by Gasteiger charge is 2.48. The highest BCUT2D eigenvalue weighted by Crippen LogP contribution is 2.47. The van der Waals surface area contributed by atoms with Crippen molar-refractivity contribution >= 4 is 29.2 Å². The molecule has 0 aromatic heterocycles. The lowest BCUT2D eigenvalue weighted by Gasteiger charge is -2.27. The summed E-state index contributed by atoms with van der Waals surface area (Å²) in [7, 11) is 0. The molecular weight excluding hydrogens is 687 g/mol. The minimum atomic E-state index is -0.795. The normalized spacial score (nSPS) is 17.6. The monoisotopic (exact) mass is 756 g/mol. The molecule has 2 N–H and O–H groups in total. The van der Waals surface area contributed by atoms with Gasteiger partial charge in [-0.15, -0.1) is 0 Å². The van der Waals surface area contributed by atoms with Gasteiger partial charge in [0.15, 0.2) is 11.6 Å². The number of benzene rings is 2. The van der Waals surface area contributed by atoms with Gasteiger partial charge in [0.2, 0.25) is 11.8 Å². The first kappa shape index (κ1) is 44.1. The van der Waals surface area contributed by atoms with Crippen molar-refractivity contribution in [2.75, 3.05) is 19.6 Å². The molecule has 4 rings (SSSR count). The van der Waals surface area contributed by atoms with E-state index in [-0.39, 0.29) is 53.8 Å². The Morgan fingerprint density at radius 2 is 1.25 bits per heavy atom. The van der Waals surface area contributed by atoms with Crippen LogP contribution in [0.1, 0.15) is 129 Å². The third kappa shape index (κ3) is 15.4. The van der Waals surface area contributed by atoms with Crippen LogP contribution in [0, 0.1) is 29.1 Å². The second-order valence-electron chi connectivity index (χ2n) is 17.7. The SMILES string of the molecule is CC(C)CC(NC(=O)C(CC(=O)[C@H](CC(C)C)NC(=O)[C@H](CCc1ccccc1)CC(=O)CCCCN1CCCCC1)Cc1ccccc1)C(=O)C1(C)CC1. The van der Waals surface area contributed by atoms with E-state index in [4.69, 9.17) is 0 Å². The number of rotatable bonds is 25. The van der Waals surface area contributed by atoms with Crippen molar-refractivity contribution in [2.24, 2.45) is 29.1 Å². The number of piperidine rings is 1. The summed E-state index contributed by atoms with van der Waals surface area (Å²) in [6, 6.07) is 18.2. The second-order valence-corrected chi connectivity index (χ2v) is 17.7. The van der Waals surface area contributed by atoms with Gasteiger partial charge in [-0.1, -0.05) is 102 Å². The van der Waals surface area contributed by atoms with Gasteiger partial charge in [0, 0.05) is 36.5 Å². The molecule has 1 aliphatic carbocycles. The molecule has 1 heterocycles. The summed E-state index contributed by atoms with van der Waals surface area (Å²) in [6.45, 7) is 13.4. The number of unbranched alkanes of at least 4 members (excludes halogenated alkanes) is 1. The molecule has 2 amide bonds. The van der Waals surface area contributed by atoms with Crippen molar-refractivity contribution in [1.29, 1.82) is 0 Å². The van der Waals surface area contributed by atoms with Crippen LogP contribution in [0.2, 0.25) is 0 Å².